The Morgan fingerprint density at radius 3 is 1.40 bits per heavy atom. The number of phenolic OH excluding ortho intramolecular Hbond substituents is 1. The minimum absolute atomic E-state index is 0.0566. The number of fused-ring (bicyclic) bond motifs is 4. The second-order valence-corrected chi connectivity index (χ2v) is 15.1. The zero-order valence-corrected chi connectivity index (χ0v) is 32.9. The average Bonchev–Trinajstić information content (AvgIpc) is 3.30. The second kappa shape index (κ2) is 17.9. The van der Waals surface area contributed by atoms with E-state index >= 15 is 0 Å². The molecule has 1 N–H and O–H groups in total. The monoisotopic (exact) mass is 796 g/mol. The highest BCUT2D eigenvalue weighted by Gasteiger charge is 2.51. The zero-order valence-electron chi connectivity index (χ0n) is 32.9. The molecule has 1 fully saturated rings. The van der Waals surface area contributed by atoms with Crippen molar-refractivity contribution >= 4 is 22.3 Å². The van der Waals surface area contributed by atoms with E-state index in [9.17, 15) is 14.7 Å². The smallest absolute Gasteiger partial charge is 0.198 e. The topological polar surface area (TPSA) is 101 Å². The van der Waals surface area contributed by atoms with E-state index in [1.807, 2.05) is 146 Å². The normalized spacial score (nSPS) is 19.8. The van der Waals surface area contributed by atoms with Gasteiger partial charge < -0.3 is 28.8 Å². The molecule has 0 amide bonds. The van der Waals surface area contributed by atoms with Crippen LogP contribution in [0.25, 0.3) is 10.8 Å². The molecular formula is C52H44O8. The number of ether oxygens (including phenoxy) is 5. The van der Waals surface area contributed by atoms with Crippen LogP contribution in [0.4, 0.5) is 0 Å². The molecule has 0 bridgehead atoms. The molecule has 0 saturated carbocycles. The van der Waals surface area contributed by atoms with Gasteiger partial charge in [0.1, 0.15) is 36.3 Å². The van der Waals surface area contributed by atoms with Crippen LogP contribution in [0, 0.1) is 0 Å². The predicted octanol–water partition coefficient (Wildman–Crippen LogP) is 9.73. The summed E-state index contributed by atoms with van der Waals surface area (Å²) in [4.78, 5) is 28.7. The van der Waals surface area contributed by atoms with Gasteiger partial charge in [0.15, 0.2) is 11.6 Å². The number of phenols is 1. The minimum atomic E-state index is -1.02. The Balaban J connectivity index is 1.20. The van der Waals surface area contributed by atoms with Crippen LogP contribution < -0.4 is 0 Å². The van der Waals surface area contributed by atoms with Crippen molar-refractivity contribution < 1.29 is 38.4 Å². The first-order valence-electron chi connectivity index (χ1n) is 20.2. The first-order valence-corrected chi connectivity index (χ1v) is 20.2. The Kier molecular flexibility index (Phi) is 11.7. The van der Waals surface area contributed by atoms with E-state index in [1.54, 1.807) is 24.3 Å². The largest absolute Gasteiger partial charge is 0.507 e. The first kappa shape index (κ1) is 39.2. The number of carbonyl (C=O) groups excluding carboxylic acids is 2. The van der Waals surface area contributed by atoms with Crippen LogP contribution in [0.2, 0.25) is 0 Å². The van der Waals surface area contributed by atoms with Gasteiger partial charge in [0.05, 0.1) is 38.6 Å². The lowest BCUT2D eigenvalue weighted by Gasteiger charge is -2.47. The van der Waals surface area contributed by atoms with Gasteiger partial charge in [-0.2, -0.15) is 0 Å². The lowest BCUT2D eigenvalue weighted by molar-refractivity contribution is -0.275. The standard InChI is InChI=1S/C52H44O8/c53-46-40-27-15-16-28-41(40)47(54)45-43(46)38-25-13-14-26-39(38)44(48(45)55)50-52(59-32-37-23-11-4-12-24-37)51(58-31-36-21-9-3-10-22-36)49(57-30-35-19-7-2-8-20-35)42(60-50)33-56-29-34-17-5-1-6-18-34/h1-28,42,49-52,55H,29-33H2/t42-,49-,50-,51+,52-/m1/s1. The van der Waals surface area contributed by atoms with Gasteiger partial charge in [-0.25, -0.2) is 0 Å². The molecule has 1 heterocycles. The van der Waals surface area contributed by atoms with E-state index in [1.165, 1.54) is 0 Å². The summed E-state index contributed by atoms with van der Waals surface area (Å²) < 4.78 is 34.4. The maximum absolute atomic E-state index is 14.4. The highest BCUT2D eigenvalue weighted by molar-refractivity contribution is 6.33. The highest BCUT2D eigenvalue weighted by Crippen LogP contribution is 2.48. The maximum Gasteiger partial charge on any atom is 0.198 e. The molecule has 0 radical (unpaired) electrons. The molecule has 0 spiro atoms. The molecule has 1 aliphatic carbocycles. The third kappa shape index (κ3) is 8.04. The fraction of sp³-hybridized carbons (Fsp3) is 0.192. The van der Waals surface area contributed by atoms with E-state index in [4.69, 9.17) is 23.7 Å². The molecule has 1 saturated heterocycles. The van der Waals surface area contributed by atoms with Gasteiger partial charge >= 0.3 is 0 Å². The zero-order chi connectivity index (χ0) is 40.8. The summed E-state index contributed by atoms with van der Waals surface area (Å²) in [5.74, 6) is -1.10. The van der Waals surface area contributed by atoms with Crippen LogP contribution >= 0.6 is 0 Å². The molecule has 0 aromatic heterocycles. The van der Waals surface area contributed by atoms with Crippen molar-refractivity contribution in [2.75, 3.05) is 6.61 Å². The van der Waals surface area contributed by atoms with Gasteiger partial charge in [-0.3, -0.25) is 9.59 Å². The van der Waals surface area contributed by atoms with Gasteiger partial charge in [0, 0.05) is 22.3 Å². The third-order valence-corrected chi connectivity index (χ3v) is 11.3. The number of aromatic hydroxyl groups is 1. The van der Waals surface area contributed by atoms with E-state index < -0.39 is 36.3 Å². The van der Waals surface area contributed by atoms with Gasteiger partial charge in [-0.05, 0) is 33.0 Å². The molecule has 2 aliphatic rings. The van der Waals surface area contributed by atoms with Crippen molar-refractivity contribution in [2.24, 2.45) is 0 Å². The SMILES string of the molecule is O=C1c2ccccc2C(=O)c2c1c(O)c([C@H]1O[C@H](COCc3ccccc3)[C@@H](OCc3ccccc3)[C@H](OCc3ccccc3)[C@@H]1OCc1ccccc1)c1ccccc21. The number of hydrogen-bond acceptors (Lipinski definition) is 8. The third-order valence-electron chi connectivity index (χ3n) is 11.3. The number of carbonyl (C=O) groups is 2. The summed E-state index contributed by atoms with van der Waals surface area (Å²) in [6.45, 7) is 1.10. The Morgan fingerprint density at radius 1 is 0.450 bits per heavy atom. The number of benzene rings is 7. The Bertz CT molecular complexity index is 2580. The molecule has 5 atom stereocenters. The number of hydrogen-bond donors (Lipinski definition) is 1. The summed E-state index contributed by atoms with van der Waals surface area (Å²) in [5.41, 5.74) is 4.80. The molecule has 7 aromatic carbocycles. The summed E-state index contributed by atoms with van der Waals surface area (Å²) in [5, 5.41) is 13.7. The Hall–Kier alpha value is -6.26. The Labute approximate surface area is 348 Å². The molecule has 8 nitrogen and oxygen atoms in total. The summed E-state index contributed by atoms with van der Waals surface area (Å²) in [6, 6.07) is 53.6. The fourth-order valence-electron chi connectivity index (χ4n) is 8.37. The van der Waals surface area contributed by atoms with Gasteiger partial charge in [-0.15, -0.1) is 0 Å². The molecular weight excluding hydrogens is 753 g/mol. The van der Waals surface area contributed by atoms with Crippen molar-refractivity contribution in [1.82, 2.24) is 0 Å². The van der Waals surface area contributed by atoms with E-state index in [0.717, 1.165) is 22.3 Å². The first-order chi connectivity index (χ1) is 29.5. The second-order valence-electron chi connectivity index (χ2n) is 15.1. The summed E-state index contributed by atoms with van der Waals surface area (Å²) in [7, 11) is 0. The van der Waals surface area contributed by atoms with Crippen LogP contribution in [0.15, 0.2) is 170 Å². The van der Waals surface area contributed by atoms with Crippen molar-refractivity contribution in [3.8, 4) is 5.75 Å². The molecule has 0 unspecified atom stereocenters. The van der Waals surface area contributed by atoms with Crippen LogP contribution in [-0.4, -0.2) is 47.7 Å². The van der Waals surface area contributed by atoms with Crippen LogP contribution in [-0.2, 0) is 50.1 Å². The van der Waals surface area contributed by atoms with E-state index in [-0.39, 0.29) is 54.7 Å². The van der Waals surface area contributed by atoms with Crippen LogP contribution in [0.5, 0.6) is 5.75 Å². The number of ketones is 2. The summed E-state index contributed by atoms with van der Waals surface area (Å²) in [6.07, 6.45) is -4.16. The average molecular weight is 797 g/mol. The molecule has 7 aromatic rings. The maximum atomic E-state index is 14.4. The van der Waals surface area contributed by atoms with E-state index in [0.29, 0.717) is 28.5 Å². The molecule has 8 heteroatoms. The predicted molar refractivity (Wildman–Crippen MR) is 228 cm³/mol. The van der Waals surface area contributed by atoms with Gasteiger partial charge in [-0.1, -0.05) is 170 Å². The molecule has 9 rings (SSSR count). The summed E-state index contributed by atoms with van der Waals surface area (Å²) >= 11 is 0. The van der Waals surface area contributed by atoms with Crippen molar-refractivity contribution in [1.29, 1.82) is 0 Å². The quantitative estimate of drug-likeness (QED) is 0.116. The van der Waals surface area contributed by atoms with Gasteiger partial charge in [0.25, 0.3) is 0 Å². The van der Waals surface area contributed by atoms with Crippen LogP contribution in [0.3, 0.4) is 0 Å². The lowest BCUT2D eigenvalue weighted by Crippen LogP contribution is -2.58. The van der Waals surface area contributed by atoms with Crippen LogP contribution in [0.1, 0.15) is 65.8 Å². The van der Waals surface area contributed by atoms with Gasteiger partial charge in [0.2, 0.25) is 0 Å². The van der Waals surface area contributed by atoms with E-state index in [2.05, 4.69) is 0 Å². The minimum Gasteiger partial charge on any atom is -0.507 e. The Morgan fingerprint density at radius 2 is 0.867 bits per heavy atom. The lowest BCUT2D eigenvalue weighted by atomic mass is 9.77. The molecule has 60 heavy (non-hydrogen) atoms. The van der Waals surface area contributed by atoms with Crippen molar-refractivity contribution in [2.45, 2.75) is 56.9 Å². The fourth-order valence-corrected chi connectivity index (χ4v) is 8.37. The number of rotatable bonds is 14. The molecule has 300 valence electrons. The van der Waals surface area contributed by atoms with Crippen molar-refractivity contribution in [3.63, 3.8) is 0 Å². The molecule has 1 aliphatic heterocycles. The van der Waals surface area contributed by atoms with Crippen molar-refractivity contribution in [3.05, 3.63) is 220 Å². The highest BCUT2D eigenvalue weighted by atomic mass is 16.6.